The fourth-order valence-electron chi connectivity index (χ4n) is 3.71. The Hall–Kier alpha value is -0.770. The van der Waals surface area contributed by atoms with Crippen LogP contribution < -0.4 is 10.6 Å². The standard InChI is InChI=1S/C17H30N2O2/c1-16(2,3)21-15(20)19-14-7-6-13(10-14)18-11-17(8-9-17)12-4-5-12/h12-14,18H,4-11H2,1-3H3,(H,19,20). The van der Waals surface area contributed by atoms with Crippen LogP contribution in [-0.4, -0.2) is 30.3 Å². The van der Waals surface area contributed by atoms with Gasteiger partial charge in [0.15, 0.2) is 0 Å². The fraction of sp³-hybridized carbons (Fsp3) is 0.941. The van der Waals surface area contributed by atoms with Crippen molar-refractivity contribution >= 4 is 6.09 Å². The van der Waals surface area contributed by atoms with E-state index in [4.69, 9.17) is 4.74 Å². The second-order valence-corrected chi connectivity index (χ2v) is 8.37. The molecule has 0 aromatic heterocycles. The molecule has 3 aliphatic carbocycles. The van der Waals surface area contributed by atoms with Crippen molar-refractivity contribution < 1.29 is 9.53 Å². The van der Waals surface area contributed by atoms with Gasteiger partial charge >= 0.3 is 6.09 Å². The van der Waals surface area contributed by atoms with E-state index in [1.54, 1.807) is 0 Å². The number of hydrogen-bond acceptors (Lipinski definition) is 3. The molecule has 2 atom stereocenters. The maximum Gasteiger partial charge on any atom is 0.407 e. The minimum Gasteiger partial charge on any atom is -0.444 e. The second-order valence-electron chi connectivity index (χ2n) is 8.37. The molecule has 0 spiro atoms. The number of hydrogen-bond donors (Lipinski definition) is 2. The highest BCUT2D eigenvalue weighted by Gasteiger charge is 2.53. The molecule has 2 N–H and O–H groups in total. The van der Waals surface area contributed by atoms with E-state index in [2.05, 4.69) is 10.6 Å². The van der Waals surface area contributed by atoms with Crippen LogP contribution >= 0.6 is 0 Å². The molecule has 0 heterocycles. The Morgan fingerprint density at radius 2 is 1.81 bits per heavy atom. The van der Waals surface area contributed by atoms with Crippen LogP contribution in [0.3, 0.4) is 0 Å². The highest BCUT2D eigenvalue weighted by molar-refractivity contribution is 5.68. The average molecular weight is 294 g/mol. The van der Waals surface area contributed by atoms with Crippen molar-refractivity contribution in [3.05, 3.63) is 0 Å². The molecule has 3 aliphatic rings. The van der Waals surface area contributed by atoms with Crippen molar-refractivity contribution in [3.8, 4) is 0 Å². The van der Waals surface area contributed by atoms with Crippen LogP contribution in [0.2, 0.25) is 0 Å². The average Bonchev–Trinajstić information content (AvgIpc) is 3.24. The topological polar surface area (TPSA) is 50.4 Å². The summed E-state index contributed by atoms with van der Waals surface area (Å²) < 4.78 is 5.33. The van der Waals surface area contributed by atoms with Gasteiger partial charge in [-0.25, -0.2) is 4.79 Å². The minimum absolute atomic E-state index is 0.272. The smallest absolute Gasteiger partial charge is 0.407 e. The summed E-state index contributed by atoms with van der Waals surface area (Å²) in [5.41, 5.74) is 0.250. The molecule has 4 nitrogen and oxygen atoms in total. The van der Waals surface area contributed by atoms with Crippen LogP contribution in [0.1, 0.15) is 65.7 Å². The van der Waals surface area contributed by atoms with E-state index in [0.717, 1.165) is 18.8 Å². The Morgan fingerprint density at radius 3 is 2.38 bits per heavy atom. The zero-order valence-corrected chi connectivity index (χ0v) is 13.7. The third-order valence-electron chi connectivity index (χ3n) is 5.23. The third kappa shape index (κ3) is 4.12. The molecule has 0 saturated heterocycles. The molecule has 3 rings (SSSR count). The Bertz CT molecular complexity index is 394. The number of nitrogens with one attached hydrogen (secondary N) is 2. The first-order chi connectivity index (χ1) is 9.86. The SMILES string of the molecule is CC(C)(C)OC(=O)NC1CCC(NCC2(C3CC3)CC2)C1. The van der Waals surface area contributed by atoms with Crippen LogP contribution in [0.5, 0.6) is 0 Å². The highest BCUT2D eigenvalue weighted by Crippen LogP contribution is 2.60. The summed E-state index contributed by atoms with van der Waals surface area (Å²) in [5.74, 6) is 1.02. The Morgan fingerprint density at radius 1 is 1.14 bits per heavy atom. The molecule has 0 aliphatic heterocycles. The maximum atomic E-state index is 11.8. The molecule has 0 aromatic carbocycles. The zero-order chi connectivity index (χ0) is 15.1. The van der Waals surface area contributed by atoms with Crippen LogP contribution in [0.4, 0.5) is 4.79 Å². The van der Waals surface area contributed by atoms with Crippen LogP contribution in [0, 0.1) is 11.3 Å². The first-order valence-electron chi connectivity index (χ1n) is 8.59. The summed E-state index contributed by atoms with van der Waals surface area (Å²) >= 11 is 0. The van der Waals surface area contributed by atoms with Gasteiger partial charge < -0.3 is 15.4 Å². The highest BCUT2D eigenvalue weighted by atomic mass is 16.6. The molecule has 3 fully saturated rings. The van der Waals surface area contributed by atoms with Gasteiger partial charge in [-0.2, -0.15) is 0 Å². The molecule has 0 radical (unpaired) electrons. The van der Waals surface area contributed by atoms with Crippen molar-refractivity contribution in [2.75, 3.05) is 6.54 Å². The van der Waals surface area contributed by atoms with Crippen molar-refractivity contribution in [1.29, 1.82) is 0 Å². The number of carbonyl (C=O) groups is 1. The maximum absolute atomic E-state index is 11.8. The van der Waals surface area contributed by atoms with Crippen molar-refractivity contribution in [1.82, 2.24) is 10.6 Å². The summed E-state index contributed by atoms with van der Waals surface area (Å²) in [7, 11) is 0. The van der Waals surface area contributed by atoms with Gasteiger partial charge in [-0.05, 0) is 77.0 Å². The van der Waals surface area contributed by atoms with Gasteiger partial charge in [-0.3, -0.25) is 0 Å². The van der Waals surface area contributed by atoms with Crippen molar-refractivity contribution in [2.45, 2.75) is 83.4 Å². The van der Waals surface area contributed by atoms with Gasteiger partial charge in [0, 0.05) is 18.6 Å². The Kier molecular flexibility index (Phi) is 3.93. The van der Waals surface area contributed by atoms with E-state index in [-0.39, 0.29) is 12.1 Å². The lowest BCUT2D eigenvalue weighted by molar-refractivity contribution is 0.0505. The van der Waals surface area contributed by atoms with Gasteiger partial charge in [0.1, 0.15) is 5.60 Å². The lowest BCUT2D eigenvalue weighted by Gasteiger charge is -2.22. The molecule has 0 bridgehead atoms. The monoisotopic (exact) mass is 294 g/mol. The summed E-state index contributed by atoms with van der Waals surface area (Å²) in [6, 6.07) is 0.842. The molecule has 3 saturated carbocycles. The second kappa shape index (κ2) is 5.45. The molecule has 21 heavy (non-hydrogen) atoms. The summed E-state index contributed by atoms with van der Waals surface area (Å²) in [6.07, 6.45) is 8.76. The molecule has 1 amide bonds. The van der Waals surface area contributed by atoms with Gasteiger partial charge in [-0.15, -0.1) is 0 Å². The molecule has 0 aromatic rings. The third-order valence-corrected chi connectivity index (χ3v) is 5.23. The first kappa shape index (κ1) is 15.1. The van der Waals surface area contributed by atoms with Crippen molar-refractivity contribution in [3.63, 3.8) is 0 Å². The summed E-state index contributed by atoms with van der Waals surface area (Å²) in [6.45, 7) is 6.90. The molecular formula is C17H30N2O2. The number of alkyl carbamates (subject to hydrolysis) is 1. The predicted molar refractivity (Wildman–Crippen MR) is 83.2 cm³/mol. The van der Waals surface area contributed by atoms with Gasteiger partial charge in [0.2, 0.25) is 0 Å². The van der Waals surface area contributed by atoms with E-state index >= 15 is 0 Å². The number of amides is 1. The van der Waals surface area contributed by atoms with E-state index < -0.39 is 5.60 Å². The lowest BCUT2D eigenvalue weighted by atomic mass is 10.0. The summed E-state index contributed by atoms with van der Waals surface area (Å²) in [5, 5.41) is 6.78. The van der Waals surface area contributed by atoms with E-state index in [0.29, 0.717) is 11.5 Å². The molecule has 4 heteroatoms. The number of ether oxygens (including phenoxy) is 1. The van der Waals surface area contributed by atoms with Gasteiger partial charge in [0.25, 0.3) is 0 Å². The molecular weight excluding hydrogens is 264 g/mol. The van der Waals surface area contributed by atoms with Gasteiger partial charge in [0.05, 0.1) is 0 Å². The summed E-state index contributed by atoms with van der Waals surface area (Å²) in [4.78, 5) is 11.8. The van der Waals surface area contributed by atoms with E-state index in [9.17, 15) is 4.79 Å². The number of carbonyl (C=O) groups excluding carboxylic acids is 1. The van der Waals surface area contributed by atoms with E-state index in [1.165, 1.54) is 38.6 Å². The largest absolute Gasteiger partial charge is 0.444 e. The van der Waals surface area contributed by atoms with Crippen LogP contribution in [-0.2, 0) is 4.74 Å². The van der Waals surface area contributed by atoms with Gasteiger partial charge in [-0.1, -0.05) is 0 Å². The predicted octanol–water partition coefficient (Wildman–Crippen LogP) is 3.21. The quantitative estimate of drug-likeness (QED) is 0.818. The zero-order valence-electron chi connectivity index (χ0n) is 13.7. The van der Waals surface area contributed by atoms with Crippen molar-refractivity contribution in [2.24, 2.45) is 11.3 Å². The normalized spacial score (nSPS) is 31.0. The van der Waals surface area contributed by atoms with Crippen LogP contribution in [0.25, 0.3) is 0 Å². The lowest BCUT2D eigenvalue weighted by Crippen LogP contribution is -2.39. The van der Waals surface area contributed by atoms with Crippen LogP contribution in [0.15, 0.2) is 0 Å². The Labute approximate surface area is 128 Å². The Balaban J connectivity index is 1.36. The fourth-order valence-corrected chi connectivity index (χ4v) is 3.71. The van der Waals surface area contributed by atoms with E-state index in [1.807, 2.05) is 20.8 Å². The number of rotatable bonds is 5. The first-order valence-corrected chi connectivity index (χ1v) is 8.59. The minimum atomic E-state index is -0.414. The molecule has 2 unspecified atom stereocenters. The molecule has 120 valence electrons.